The summed E-state index contributed by atoms with van der Waals surface area (Å²) in [6, 6.07) is -0.848. The van der Waals surface area contributed by atoms with Gasteiger partial charge in [-0.1, -0.05) is 6.42 Å². The molecule has 1 rings (SSSR count). The van der Waals surface area contributed by atoms with Gasteiger partial charge in [-0.05, 0) is 40.2 Å². The first-order valence-corrected chi connectivity index (χ1v) is 6.80. The largest absolute Gasteiger partial charge is 0.480 e. The van der Waals surface area contributed by atoms with E-state index in [-0.39, 0.29) is 11.9 Å². The van der Waals surface area contributed by atoms with Crippen molar-refractivity contribution in [1.82, 2.24) is 9.80 Å². The fraction of sp³-hybridized carbons (Fsp3) is 0.846. The standard InChI is InChI=1S/C13H24N2O3/c1-4-14(5-2)12(16)10(3)15-9-7-6-8-11(15)13(17)18/h10-11H,4-9H2,1-3H3,(H,17,18). The summed E-state index contributed by atoms with van der Waals surface area (Å²) in [4.78, 5) is 27.1. The number of nitrogens with zero attached hydrogens (tertiary/aromatic N) is 2. The summed E-state index contributed by atoms with van der Waals surface area (Å²) in [5.74, 6) is -0.776. The van der Waals surface area contributed by atoms with Gasteiger partial charge in [-0.25, -0.2) is 0 Å². The number of amides is 1. The lowest BCUT2D eigenvalue weighted by atomic mass is 10.00. The molecular weight excluding hydrogens is 232 g/mol. The zero-order valence-electron chi connectivity index (χ0n) is 11.6. The Hall–Kier alpha value is -1.10. The molecule has 1 N–H and O–H groups in total. The molecule has 1 amide bonds. The fourth-order valence-corrected chi connectivity index (χ4v) is 2.62. The van der Waals surface area contributed by atoms with Gasteiger partial charge in [0, 0.05) is 13.1 Å². The van der Waals surface area contributed by atoms with Crippen LogP contribution in [0.1, 0.15) is 40.0 Å². The summed E-state index contributed by atoms with van der Waals surface area (Å²) < 4.78 is 0. The third kappa shape index (κ3) is 3.22. The second kappa shape index (κ2) is 6.73. The lowest BCUT2D eigenvalue weighted by Crippen LogP contribution is -2.55. The molecule has 0 bridgehead atoms. The number of carboxylic acid groups (broad SMARTS) is 1. The summed E-state index contributed by atoms with van der Waals surface area (Å²) >= 11 is 0. The molecule has 1 saturated heterocycles. The Bertz CT molecular complexity index is 303. The zero-order chi connectivity index (χ0) is 13.7. The molecule has 2 unspecified atom stereocenters. The number of likely N-dealkylation sites (tertiary alicyclic amines) is 1. The maximum Gasteiger partial charge on any atom is 0.320 e. The normalized spacial score (nSPS) is 22.5. The summed E-state index contributed by atoms with van der Waals surface area (Å²) in [7, 11) is 0. The number of carbonyl (C=O) groups excluding carboxylic acids is 1. The van der Waals surface area contributed by atoms with E-state index in [0.717, 1.165) is 12.8 Å². The number of hydrogen-bond acceptors (Lipinski definition) is 3. The van der Waals surface area contributed by atoms with Crippen molar-refractivity contribution in [2.75, 3.05) is 19.6 Å². The lowest BCUT2D eigenvalue weighted by Gasteiger charge is -2.38. The van der Waals surface area contributed by atoms with Crippen LogP contribution in [0.15, 0.2) is 0 Å². The number of aliphatic carboxylic acids is 1. The van der Waals surface area contributed by atoms with E-state index in [2.05, 4.69) is 0 Å². The predicted molar refractivity (Wildman–Crippen MR) is 69.4 cm³/mol. The van der Waals surface area contributed by atoms with Crippen molar-refractivity contribution in [1.29, 1.82) is 0 Å². The molecule has 0 aromatic carbocycles. The van der Waals surface area contributed by atoms with Crippen LogP contribution in [-0.2, 0) is 9.59 Å². The van der Waals surface area contributed by atoms with Crippen LogP contribution in [0.2, 0.25) is 0 Å². The van der Waals surface area contributed by atoms with E-state index in [4.69, 9.17) is 0 Å². The smallest absolute Gasteiger partial charge is 0.320 e. The quantitative estimate of drug-likeness (QED) is 0.802. The van der Waals surface area contributed by atoms with Crippen molar-refractivity contribution in [3.8, 4) is 0 Å². The van der Waals surface area contributed by atoms with Crippen molar-refractivity contribution in [2.45, 2.75) is 52.1 Å². The SMILES string of the molecule is CCN(CC)C(=O)C(C)N1CCCCC1C(=O)O. The maximum absolute atomic E-state index is 12.3. The minimum absolute atomic E-state index is 0.0353. The van der Waals surface area contributed by atoms with Crippen LogP contribution in [0.3, 0.4) is 0 Å². The van der Waals surface area contributed by atoms with Crippen LogP contribution in [0, 0.1) is 0 Å². The Morgan fingerprint density at radius 3 is 2.44 bits per heavy atom. The molecule has 1 aliphatic heterocycles. The molecule has 0 aromatic heterocycles. The second-order valence-electron chi connectivity index (χ2n) is 4.77. The monoisotopic (exact) mass is 256 g/mol. The van der Waals surface area contributed by atoms with E-state index in [0.29, 0.717) is 26.1 Å². The third-order valence-electron chi connectivity index (χ3n) is 3.76. The van der Waals surface area contributed by atoms with Crippen LogP contribution in [0.5, 0.6) is 0 Å². The van der Waals surface area contributed by atoms with Gasteiger partial charge in [-0.15, -0.1) is 0 Å². The van der Waals surface area contributed by atoms with Crippen molar-refractivity contribution >= 4 is 11.9 Å². The highest BCUT2D eigenvalue weighted by Gasteiger charge is 2.35. The highest BCUT2D eigenvalue weighted by atomic mass is 16.4. The van der Waals surface area contributed by atoms with E-state index in [1.54, 1.807) is 4.90 Å². The van der Waals surface area contributed by atoms with E-state index < -0.39 is 12.0 Å². The molecule has 5 nitrogen and oxygen atoms in total. The fourth-order valence-electron chi connectivity index (χ4n) is 2.62. The summed E-state index contributed by atoms with van der Waals surface area (Å²) in [5, 5.41) is 9.23. The number of rotatable bonds is 5. The van der Waals surface area contributed by atoms with Gasteiger partial charge in [-0.2, -0.15) is 0 Å². The Balaban J connectivity index is 2.76. The van der Waals surface area contributed by atoms with Gasteiger partial charge in [0.1, 0.15) is 6.04 Å². The number of carboxylic acids is 1. The van der Waals surface area contributed by atoms with Crippen LogP contribution < -0.4 is 0 Å². The van der Waals surface area contributed by atoms with E-state index in [1.165, 1.54) is 0 Å². The molecule has 5 heteroatoms. The Kier molecular flexibility index (Phi) is 5.59. The van der Waals surface area contributed by atoms with E-state index in [1.807, 2.05) is 25.7 Å². The van der Waals surface area contributed by atoms with Crippen molar-refractivity contribution in [2.24, 2.45) is 0 Å². The van der Waals surface area contributed by atoms with Gasteiger partial charge >= 0.3 is 5.97 Å². The van der Waals surface area contributed by atoms with Gasteiger partial charge in [0.25, 0.3) is 0 Å². The van der Waals surface area contributed by atoms with Gasteiger partial charge in [0.2, 0.25) is 5.91 Å². The number of likely N-dealkylation sites (N-methyl/N-ethyl adjacent to an activating group) is 1. The molecule has 0 spiro atoms. The predicted octanol–water partition coefficient (Wildman–Crippen LogP) is 1.18. The third-order valence-corrected chi connectivity index (χ3v) is 3.76. The van der Waals surface area contributed by atoms with Gasteiger partial charge in [-0.3, -0.25) is 14.5 Å². The molecule has 1 heterocycles. The van der Waals surface area contributed by atoms with Crippen molar-refractivity contribution in [3.05, 3.63) is 0 Å². The van der Waals surface area contributed by atoms with Crippen molar-refractivity contribution < 1.29 is 14.7 Å². The average molecular weight is 256 g/mol. The molecule has 18 heavy (non-hydrogen) atoms. The zero-order valence-corrected chi connectivity index (χ0v) is 11.6. The molecular formula is C13H24N2O3. The molecule has 0 saturated carbocycles. The van der Waals surface area contributed by atoms with Gasteiger partial charge < -0.3 is 10.0 Å². The average Bonchev–Trinajstić information content (AvgIpc) is 2.39. The van der Waals surface area contributed by atoms with Crippen LogP contribution in [-0.4, -0.2) is 58.5 Å². The van der Waals surface area contributed by atoms with Crippen LogP contribution in [0.25, 0.3) is 0 Å². The Labute approximate surface area is 109 Å². The first-order valence-electron chi connectivity index (χ1n) is 6.80. The molecule has 0 aromatic rings. The Morgan fingerprint density at radius 2 is 1.94 bits per heavy atom. The number of piperidine rings is 1. The molecule has 1 fully saturated rings. The van der Waals surface area contributed by atoms with E-state index >= 15 is 0 Å². The van der Waals surface area contributed by atoms with Gasteiger partial charge in [0.15, 0.2) is 0 Å². The highest BCUT2D eigenvalue weighted by molar-refractivity contribution is 5.83. The molecule has 0 aliphatic carbocycles. The number of hydrogen-bond donors (Lipinski definition) is 1. The minimum atomic E-state index is -0.811. The summed E-state index contributed by atoms with van der Waals surface area (Å²) in [6.07, 6.45) is 2.55. The van der Waals surface area contributed by atoms with Gasteiger partial charge in [0.05, 0.1) is 6.04 Å². The molecule has 2 atom stereocenters. The molecule has 104 valence electrons. The first-order chi connectivity index (χ1) is 8.52. The maximum atomic E-state index is 12.3. The lowest BCUT2D eigenvalue weighted by molar-refractivity contribution is -0.149. The Morgan fingerprint density at radius 1 is 1.33 bits per heavy atom. The molecule has 0 radical (unpaired) electrons. The number of carbonyl (C=O) groups is 2. The van der Waals surface area contributed by atoms with Crippen molar-refractivity contribution in [3.63, 3.8) is 0 Å². The van der Waals surface area contributed by atoms with E-state index in [9.17, 15) is 14.7 Å². The van der Waals surface area contributed by atoms with Crippen LogP contribution in [0.4, 0.5) is 0 Å². The summed E-state index contributed by atoms with van der Waals surface area (Å²) in [6.45, 7) is 7.75. The van der Waals surface area contributed by atoms with Crippen LogP contribution >= 0.6 is 0 Å². The highest BCUT2D eigenvalue weighted by Crippen LogP contribution is 2.20. The second-order valence-corrected chi connectivity index (χ2v) is 4.77. The summed E-state index contributed by atoms with van der Waals surface area (Å²) in [5.41, 5.74) is 0. The topological polar surface area (TPSA) is 60.9 Å². The minimum Gasteiger partial charge on any atom is -0.480 e. The molecule has 1 aliphatic rings. The first kappa shape index (κ1) is 15.0.